The summed E-state index contributed by atoms with van der Waals surface area (Å²) in [6.07, 6.45) is -4.64. The van der Waals surface area contributed by atoms with Gasteiger partial charge in [0.05, 0.1) is 5.92 Å². The molecular formula is C6H9ClF3NO2. The molecule has 1 fully saturated rings. The first-order valence-electron chi connectivity index (χ1n) is 3.44. The van der Waals surface area contributed by atoms with Crippen molar-refractivity contribution < 1.29 is 23.1 Å². The van der Waals surface area contributed by atoms with Crippen LogP contribution in [0.4, 0.5) is 13.2 Å². The van der Waals surface area contributed by atoms with Gasteiger partial charge in [0.1, 0.15) is 6.04 Å². The van der Waals surface area contributed by atoms with Gasteiger partial charge in [0.15, 0.2) is 0 Å². The summed E-state index contributed by atoms with van der Waals surface area (Å²) in [6.45, 7) is -0.291. The summed E-state index contributed by atoms with van der Waals surface area (Å²) in [5.41, 5.74) is 0. The summed E-state index contributed by atoms with van der Waals surface area (Å²) in [5, 5.41) is 10.7. The summed E-state index contributed by atoms with van der Waals surface area (Å²) in [6, 6.07) is -1.04. The normalized spacial score (nSPS) is 28.2. The van der Waals surface area contributed by atoms with Crippen molar-refractivity contribution in [2.24, 2.45) is 5.92 Å². The van der Waals surface area contributed by atoms with Gasteiger partial charge in [0, 0.05) is 6.54 Å². The Morgan fingerprint density at radius 1 is 1.46 bits per heavy atom. The molecule has 1 saturated heterocycles. The Morgan fingerprint density at radius 2 is 2.00 bits per heavy atom. The molecule has 1 heterocycles. The number of nitrogens with one attached hydrogen (secondary N) is 1. The molecule has 0 aliphatic carbocycles. The topological polar surface area (TPSA) is 49.3 Å². The van der Waals surface area contributed by atoms with Crippen molar-refractivity contribution in [2.75, 3.05) is 6.54 Å². The molecule has 0 amide bonds. The first-order chi connectivity index (χ1) is 5.41. The van der Waals surface area contributed by atoms with E-state index in [-0.39, 0.29) is 25.4 Å². The minimum atomic E-state index is -4.28. The summed E-state index contributed by atoms with van der Waals surface area (Å²) >= 11 is 0. The maximum Gasteiger partial charge on any atom is 0.393 e. The number of carboxylic acids is 1. The fourth-order valence-corrected chi connectivity index (χ4v) is 1.17. The molecule has 3 nitrogen and oxygen atoms in total. The van der Waals surface area contributed by atoms with E-state index in [0.29, 0.717) is 0 Å². The van der Waals surface area contributed by atoms with Crippen LogP contribution >= 0.6 is 12.4 Å². The first kappa shape index (κ1) is 12.5. The molecule has 1 rings (SSSR count). The monoisotopic (exact) mass is 219 g/mol. The van der Waals surface area contributed by atoms with Crippen molar-refractivity contribution in [2.45, 2.75) is 18.6 Å². The summed E-state index contributed by atoms with van der Waals surface area (Å²) in [4.78, 5) is 10.2. The fraction of sp³-hybridized carbons (Fsp3) is 0.833. The average Bonchev–Trinajstić information content (AvgIpc) is 2.30. The molecule has 0 aromatic carbocycles. The van der Waals surface area contributed by atoms with Crippen molar-refractivity contribution >= 4 is 18.4 Å². The summed E-state index contributed by atoms with van der Waals surface area (Å²) in [5.74, 6) is -2.74. The van der Waals surface area contributed by atoms with Crippen LogP contribution in [0.2, 0.25) is 0 Å². The minimum Gasteiger partial charge on any atom is -0.480 e. The number of alkyl halides is 3. The van der Waals surface area contributed by atoms with Crippen molar-refractivity contribution in [3.8, 4) is 0 Å². The minimum absolute atomic E-state index is 0. The molecule has 0 saturated carbocycles. The number of hydrogen-bond donors (Lipinski definition) is 2. The lowest BCUT2D eigenvalue weighted by atomic mass is 10.1. The third-order valence-corrected chi connectivity index (χ3v) is 1.89. The third-order valence-electron chi connectivity index (χ3n) is 1.89. The van der Waals surface area contributed by atoms with Crippen molar-refractivity contribution in [3.63, 3.8) is 0 Å². The van der Waals surface area contributed by atoms with Crippen LogP contribution in [0.25, 0.3) is 0 Å². The second-order valence-electron chi connectivity index (χ2n) is 2.77. The standard InChI is InChI=1S/C6H8F3NO2.ClH/c7-6(8,9)3-1-4(5(11)12)10-2-3;/h3-4,10H,1-2H2,(H,11,12);1H/t3-,4-;/m1./s1. The molecule has 0 bridgehead atoms. The Labute approximate surface area is 78.7 Å². The van der Waals surface area contributed by atoms with Crippen LogP contribution in [0.1, 0.15) is 6.42 Å². The molecule has 0 unspecified atom stereocenters. The van der Waals surface area contributed by atoms with Gasteiger partial charge in [-0.2, -0.15) is 13.2 Å². The Kier molecular flexibility index (Phi) is 3.99. The van der Waals surface area contributed by atoms with Crippen molar-refractivity contribution in [3.05, 3.63) is 0 Å². The summed E-state index contributed by atoms with van der Waals surface area (Å²) in [7, 11) is 0. The Morgan fingerprint density at radius 3 is 2.23 bits per heavy atom. The maximum atomic E-state index is 12.0. The molecule has 78 valence electrons. The second-order valence-corrected chi connectivity index (χ2v) is 2.77. The molecule has 7 heteroatoms. The Bertz CT molecular complexity index is 197. The van der Waals surface area contributed by atoms with Crippen LogP contribution in [0.3, 0.4) is 0 Å². The van der Waals surface area contributed by atoms with E-state index in [2.05, 4.69) is 5.32 Å². The maximum absolute atomic E-state index is 12.0. The number of halogens is 4. The third kappa shape index (κ3) is 3.04. The molecule has 1 aliphatic rings. The lowest BCUT2D eigenvalue weighted by Crippen LogP contribution is -2.30. The van der Waals surface area contributed by atoms with E-state index in [4.69, 9.17) is 5.11 Å². The predicted octanol–water partition coefficient (Wildman–Crippen LogP) is 1.03. The molecule has 1 aliphatic heterocycles. The van der Waals surface area contributed by atoms with Crippen LogP contribution in [0, 0.1) is 5.92 Å². The lowest BCUT2D eigenvalue weighted by Gasteiger charge is -2.12. The van der Waals surface area contributed by atoms with Gasteiger partial charge >= 0.3 is 12.1 Å². The molecule has 2 N–H and O–H groups in total. The highest BCUT2D eigenvalue weighted by Crippen LogP contribution is 2.32. The van der Waals surface area contributed by atoms with Gasteiger partial charge in [-0.3, -0.25) is 4.79 Å². The van der Waals surface area contributed by atoms with Gasteiger partial charge < -0.3 is 10.4 Å². The van der Waals surface area contributed by atoms with Gasteiger partial charge in [-0.05, 0) is 6.42 Å². The largest absolute Gasteiger partial charge is 0.480 e. The highest BCUT2D eigenvalue weighted by Gasteiger charge is 2.45. The molecule has 0 aromatic heterocycles. The molecule has 0 radical (unpaired) electrons. The zero-order chi connectivity index (χ0) is 9.35. The fourth-order valence-electron chi connectivity index (χ4n) is 1.17. The smallest absolute Gasteiger partial charge is 0.393 e. The zero-order valence-electron chi connectivity index (χ0n) is 6.47. The van der Waals surface area contributed by atoms with Gasteiger partial charge in [0.25, 0.3) is 0 Å². The van der Waals surface area contributed by atoms with E-state index in [0.717, 1.165) is 0 Å². The number of aliphatic carboxylic acids is 1. The average molecular weight is 220 g/mol. The van der Waals surface area contributed by atoms with Gasteiger partial charge in [0.2, 0.25) is 0 Å². The van der Waals surface area contributed by atoms with Crippen molar-refractivity contribution in [1.82, 2.24) is 5.32 Å². The molecule has 13 heavy (non-hydrogen) atoms. The SMILES string of the molecule is Cl.O=C(O)[C@H]1C[C@@H](C(F)(F)F)CN1. The van der Waals surface area contributed by atoms with E-state index < -0.39 is 24.1 Å². The van der Waals surface area contributed by atoms with Gasteiger partial charge in [-0.1, -0.05) is 0 Å². The number of rotatable bonds is 1. The van der Waals surface area contributed by atoms with E-state index in [1.807, 2.05) is 0 Å². The number of hydrogen-bond acceptors (Lipinski definition) is 2. The van der Waals surface area contributed by atoms with Gasteiger partial charge in [-0.15, -0.1) is 12.4 Å². The van der Waals surface area contributed by atoms with Crippen LogP contribution in [-0.4, -0.2) is 29.8 Å². The van der Waals surface area contributed by atoms with E-state index in [1.165, 1.54) is 0 Å². The van der Waals surface area contributed by atoms with Crippen LogP contribution in [0.15, 0.2) is 0 Å². The number of carbonyl (C=O) groups is 1. The molecule has 2 atom stereocenters. The quantitative estimate of drug-likeness (QED) is 0.693. The van der Waals surface area contributed by atoms with E-state index >= 15 is 0 Å². The number of carboxylic acid groups (broad SMARTS) is 1. The van der Waals surface area contributed by atoms with Crippen LogP contribution in [-0.2, 0) is 4.79 Å². The van der Waals surface area contributed by atoms with E-state index in [9.17, 15) is 18.0 Å². The van der Waals surface area contributed by atoms with E-state index in [1.54, 1.807) is 0 Å². The molecule has 0 spiro atoms. The molecular weight excluding hydrogens is 211 g/mol. The second kappa shape index (κ2) is 4.15. The van der Waals surface area contributed by atoms with Crippen LogP contribution in [0.5, 0.6) is 0 Å². The predicted molar refractivity (Wildman–Crippen MR) is 40.8 cm³/mol. The highest BCUT2D eigenvalue weighted by atomic mass is 35.5. The van der Waals surface area contributed by atoms with Gasteiger partial charge in [-0.25, -0.2) is 0 Å². The zero-order valence-corrected chi connectivity index (χ0v) is 7.28. The molecule has 0 aromatic rings. The van der Waals surface area contributed by atoms with Crippen LogP contribution < -0.4 is 5.32 Å². The Hall–Kier alpha value is -0.490. The first-order valence-corrected chi connectivity index (χ1v) is 3.44. The highest BCUT2D eigenvalue weighted by molar-refractivity contribution is 5.85. The summed E-state index contributed by atoms with van der Waals surface area (Å²) < 4.78 is 35.9. The lowest BCUT2D eigenvalue weighted by molar-refractivity contribution is -0.169. The van der Waals surface area contributed by atoms with Crippen molar-refractivity contribution in [1.29, 1.82) is 0 Å². The Balaban J connectivity index is 0.00000144.